The van der Waals surface area contributed by atoms with Crippen LogP contribution in [0.5, 0.6) is 17.2 Å². The van der Waals surface area contributed by atoms with E-state index in [-0.39, 0.29) is 11.7 Å². The lowest BCUT2D eigenvalue weighted by Crippen LogP contribution is -2.38. The number of para-hydroxylation sites is 2. The van der Waals surface area contributed by atoms with Crippen molar-refractivity contribution in [1.82, 2.24) is 5.32 Å². The molecular weight excluding hydrogens is 313 g/mol. The Labute approximate surface area is 140 Å². The van der Waals surface area contributed by atoms with Crippen LogP contribution in [0.2, 0.25) is 0 Å². The third kappa shape index (κ3) is 5.15. The van der Waals surface area contributed by atoms with Crippen LogP contribution in [0.4, 0.5) is 4.39 Å². The number of amides is 1. The first kappa shape index (κ1) is 17.6. The first-order valence-electron chi connectivity index (χ1n) is 7.56. The third-order valence-corrected chi connectivity index (χ3v) is 3.22. The monoisotopic (exact) mass is 333 g/mol. The average molecular weight is 333 g/mol. The number of methoxy groups -OCH3 is 1. The van der Waals surface area contributed by atoms with Crippen LogP contribution in [-0.4, -0.2) is 32.3 Å². The minimum atomic E-state index is -0.693. The van der Waals surface area contributed by atoms with Crippen LogP contribution in [-0.2, 0) is 4.79 Å². The minimum Gasteiger partial charge on any atom is -0.493 e. The van der Waals surface area contributed by atoms with Crippen molar-refractivity contribution in [3.05, 3.63) is 54.3 Å². The van der Waals surface area contributed by atoms with Crippen molar-refractivity contribution in [2.24, 2.45) is 0 Å². The van der Waals surface area contributed by atoms with Gasteiger partial charge in [0.15, 0.2) is 17.6 Å². The number of halogens is 1. The number of carbonyl (C=O) groups excluding carboxylic acids is 1. The van der Waals surface area contributed by atoms with Gasteiger partial charge in [0.1, 0.15) is 18.2 Å². The van der Waals surface area contributed by atoms with Gasteiger partial charge in [-0.3, -0.25) is 4.79 Å². The summed E-state index contributed by atoms with van der Waals surface area (Å²) in [6.45, 7) is 2.25. The molecule has 2 rings (SSSR count). The van der Waals surface area contributed by atoms with Gasteiger partial charge in [-0.2, -0.15) is 0 Å². The van der Waals surface area contributed by atoms with Crippen LogP contribution < -0.4 is 19.5 Å². The highest BCUT2D eigenvalue weighted by atomic mass is 19.1. The van der Waals surface area contributed by atoms with E-state index < -0.39 is 6.10 Å². The zero-order valence-corrected chi connectivity index (χ0v) is 13.6. The molecule has 1 amide bonds. The molecule has 5 nitrogen and oxygen atoms in total. The third-order valence-electron chi connectivity index (χ3n) is 3.22. The van der Waals surface area contributed by atoms with Crippen molar-refractivity contribution in [1.29, 1.82) is 0 Å². The number of hydrogen-bond donors (Lipinski definition) is 1. The summed E-state index contributed by atoms with van der Waals surface area (Å²) in [5.41, 5.74) is 0. The molecule has 0 spiro atoms. The fraction of sp³-hybridized carbons (Fsp3) is 0.278. The molecule has 0 radical (unpaired) electrons. The maximum absolute atomic E-state index is 12.8. The second-order valence-electron chi connectivity index (χ2n) is 5.00. The zero-order chi connectivity index (χ0) is 17.4. The molecule has 6 heteroatoms. The number of rotatable bonds is 8. The second-order valence-corrected chi connectivity index (χ2v) is 5.00. The molecule has 0 fully saturated rings. The van der Waals surface area contributed by atoms with Crippen molar-refractivity contribution in [2.75, 3.05) is 20.3 Å². The first-order chi connectivity index (χ1) is 11.6. The summed E-state index contributed by atoms with van der Waals surface area (Å²) in [7, 11) is 1.57. The van der Waals surface area contributed by atoms with E-state index in [4.69, 9.17) is 14.2 Å². The van der Waals surface area contributed by atoms with E-state index in [1.165, 1.54) is 24.3 Å². The first-order valence-corrected chi connectivity index (χ1v) is 7.56. The lowest BCUT2D eigenvalue weighted by Gasteiger charge is -2.15. The quantitative estimate of drug-likeness (QED) is 0.755. The molecule has 24 heavy (non-hydrogen) atoms. The molecule has 0 aliphatic heterocycles. The number of hydrogen-bond acceptors (Lipinski definition) is 4. The minimum absolute atomic E-state index is 0.275. The average Bonchev–Trinajstić information content (AvgIpc) is 2.60. The Hall–Kier alpha value is -2.76. The Bertz CT molecular complexity index is 660. The van der Waals surface area contributed by atoms with E-state index >= 15 is 0 Å². The number of nitrogens with one attached hydrogen (secondary N) is 1. The lowest BCUT2D eigenvalue weighted by atomic mass is 10.3. The largest absolute Gasteiger partial charge is 0.493 e. The fourth-order valence-corrected chi connectivity index (χ4v) is 1.99. The number of benzene rings is 2. The van der Waals surface area contributed by atoms with Crippen LogP contribution in [0.25, 0.3) is 0 Å². The Morgan fingerprint density at radius 1 is 1.12 bits per heavy atom. The Kier molecular flexibility index (Phi) is 6.42. The van der Waals surface area contributed by atoms with Crippen molar-refractivity contribution < 1.29 is 23.4 Å². The van der Waals surface area contributed by atoms with E-state index in [1.807, 2.05) is 12.1 Å². The van der Waals surface area contributed by atoms with Gasteiger partial charge in [0.25, 0.3) is 5.91 Å². The van der Waals surface area contributed by atoms with Crippen molar-refractivity contribution in [3.8, 4) is 17.2 Å². The summed E-state index contributed by atoms with van der Waals surface area (Å²) in [5.74, 6) is 1.06. The zero-order valence-electron chi connectivity index (χ0n) is 13.6. The Morgan fingerprint density at radius 3 is 2.46 bits per heavy atom. The molecule has 128 valence electrons. The molecule has 0 heterocycles. The molecule has 0 aromatic heterocycles. The van der Waals surface area contributed by atoms with Gasteiger partial charge in [-0.15, -0.1) is 0 Å². The van der Waals surface area contributed by atoms with Gasteiger partial charge in [-0.05, 0) is 43.3 Å². The molecule has 1 atom stereocenters. The summed E-state index contributed by atoms with van der Waals surface area (Å²) in [4.78, 5) is 12.0. The van der Waals surface area contributed by atoms with Crippen LogP contribution in [0.15, 0.2) is 48.5 Å². The lowest BCUT2D eigenvalue weighted by molar-refractivity contribution is -0.127. The van der Waals surface area contributed by atoms with Gasteiger partial charge in [0.2, 0.25) is 0 Å². The molecule has 2 aromatic carbocycles. The van der Waals surface area contributed by atoms with Gasteiger partial charge in [-0.25, -0.2) is 4.39 Å². The van der Waals surface area contributed by atoms with Crippen molar-refractivity contribution in [2.45, 2.75) is 13.0 Å². The molecule has 0 saturated heterocycles. The Balaban J connectivity index is 1.73. The van der Waals surface area contributed by atoms with Crippen molar-refractivity contribution >= 4 is 5.91 Å². The van der Waals surface area contributed by atoms with Gasteiger partial charge in [0, 0.05) is 0 Å². The summed E-state index contributed by atoms with van der Waals surface area (Å²) in [6, 6.07) is 12.8. The molecule has 0 bridgehead atoms. The molecule has 0 aliphatic carbocycles. The van der Waals surface area contributed by atoms with Gasteiger partial charge in [0.05, 0.1) is 13.7 Å². The van der Waals surface area contributed by atoms with Gasteiger partial charge >= 0.3 is 0 Å². The predicted molar refractivity (Wildman–Crippen MR) is 88.0 cm³/mol. The van der Waals surface area contributed by atoms with E-state index in [1.54, 1.807) is 26.2 Å². The molecule has 1 unspecified atom stereocenters. The topological polar surface area (TPSA) is 56.8 Å². The number of carbonyl (C=O) groups is 1. The summed E-state index contributed by atoms with van der Waals surface area (Å²) < 4.78 is 29.0. The van der Waals surface area contributed by atoms with Crippen LogP contribution >= 0.6 is 0 Å². The summed E-state index contributed by atoms with van der Waals surface area (Å²) in [5, 5.41) is 2.72. The van der Waals surface area contributed by atoms with Crippen molar-refractivity contribution in [3.63, 3.8) is 0 Å². The van der Waals surface area contributed by atoms with Crippen LogP contribution in [0.1, 0.15) is 6.92 Å². The highest BCUT2D eigenvalue weighted by molar-refractivity contribution is 5.80. The van der Waals surface area contributed by atoms with Gasteiger partial charge < -0.3 is 19.5 Å². The highest BCUT2D eigenvalue weighted by Gasteiger charge is 2.14. The highest BCUT2D eigenvalue weighted by Crippen LogP contribution is 2.25. The second kappa shape index (κ2) is 8.76. The fourth-order valence-electron chi connectivity index (χ4n) is 1.99. The molecule has 1 N–H and O–H groups in total. The van der Waals surface area contributed by atoms with E-state index in [2.05, 4.69) is 5.32 Å². The standard InChI is InChI=1S/C18H20FNO4/c1-13(24-15-9-7-14(19)8-10-15)18(21)20-11-12-23-17-6-4-3-5-16(17)22-2/h3-10,13H,11-12H2,1-2H3,(H,20,21). The Morgan fingerprint density at radius 2 is 1.79 bits per heavy atom. The smallest absolute Gasteiger partial charge is 0.260 e. The van der Waals surface area contributed by atoms with Crippen LogP contribution in [0.3, 0.4) is 0 Å². The maximum atomic E-state index is 12.8. The molecular formula is C18H20FNO4. The summed E-state index contributed by atoms with van der Waals surface area (Å²) >= 11 is 0. The normalized spacial score (nSPS) is 11.5. The summed E-state index contributed by atoms with van der Waals surface area (Å²) in [6.07, 6.45) is -0.693. The maximum Gasteiger partial charge on any atom is 0.260 e. The van der Waals surface area contributed by atoms with Gasteiger partial charge in [-0.1, -0.05) is 12.1 Å². The SMILES string of the molecule is COc1ccccc1OCCNC(=O)C(C)Oc1ccc(F)cc1. The number of ether oxygens (including phenoxy) is 3. The van der Waals surface area contributed by atoms with Crippen LogP contribution in [0, 0.1) is 5.82 Å². The van der Waals surface area contributed by atoms with E-state index in [0.717, 1.165) is 0 Å². The van der Waals surface area contributed by atoms with E-state index in [0.29, 0.717) is 30.4 Å². The van der Waals surface area contributed by atoms with E-state index in [9.17, 15) is 9.18 Å². The molecule has 2 aromatic rings. The predicted octanol–water partition coefficient (Wildman–Crippen LogP) is 2.80. The molecule has 0 saturated carbocycles. The molecule has 0 aliphatic rings.